The number of aliphatic hydroxyl groups excluding tert-OH is 1. The Bertz CT molecular complexity index is 334. The van der Waals surface area contributed by atoms with E-state index in [1.54, 1.807) is 6.20 Å². The first-order chi connectivity index (χ1) is 7.24. The molecule has 0 amide bonds. The number of aryl methyl sites for hydroxylation is 1. The summed E-state index contributed by atoms with van der Waals surface area (Å²) >= 11 is 0. The summed E-state index contributed by atoms with van der Waals surface area (Å²) < 4.78 is 0. The zero-order chi connectivity index (χ0) is 10.7. The van der Waals surface area contributed by atoms with E-state index in [1.807, 2.05) is 13.0 Å². The van der Waals surface area contributed by atoms with Crippen LogP contribution in [-0.2, 0) is 0 Å². The van der Waals surface area contributed by atoms with Crippen LogP contribution in [0.4, 0.5) is 5.82 Å². The monoisotopic (exact) mass is 207 g/mol. The zero-order valence-electron chi connectivity index (χ0n) is 9.03. The molecule has 2 rings (SSSR count). The normalized spacial score (nSPS) is 19.1. The van der Waals surface area contributed by atoms with Crippen LogP contribution in [0.2, 0.25) is 0 Å². The van der Waals surface area contributed by atoms with Crippen molar-refractivity contribution in [3.05, 3.63) is 18.1 Å². The molecule has 0 aliphatic heterocycles. The summed E-state index contributed by atoms with van der Waals surface area (Å²) in [4.78, 5) is 8.35. The average molecular weight is 207 g/mol. The standard InChI is InChI=1S/C11H17N3O/c1-9-12-7-4-10(13-9)14-11(8-15)5-2-3-6-11/h4,7,15H,2-3,5-6,8H2,1H3,(H,12,13,14). The molecule has 1 saturated carbocycles. The molecule has 4 nitrogen and oxygen atoms in total. The van der Waals surface area contributed by atoms with Crippen molar-refractivity contribution in [3.63, 3.8) is 0 Å². The quantitative estimate of drug-likeness (QED) is 0.788. The van der Waals surface area contributed by atoms with Crippen LogP contribution < -0.4 is 5.32 Å². The molecule has 4 heteroatoms. The lowest BCUT2D eigenvalue weighted by molar-refractivity contribution is 0.214. The fourth-order valence-electron chi connectivity index (χ4n) is 2.17. The van der Waals surface area contributed by atoms with Crippen LogP contribution in [0.1, 0.15) is 31.5 Å². The molecular formula is C11H17N3O. The maximum absolute atomic E-state index is 9.44. The third kappa shape index (κ3) is 2.26. The van der Waals surface area contributed by atoms with Gasteiger partial charge in [-0.15, -0.1) is 0 Å². The topological polar surface area (TPSA) is 58.0 Å². The SMILES string of the molecule is Cc1nccc(NC2(CO)CCCC2)n1. The zero-order valence-corrected chi connectivity index (χ0v) is 9.03. The van der Waals surface area contributed by atoms with Crippen molar-refractivity contribution < 1.29 is 5.11 Å². The number of aliphatic hydroxyl groups is 1. The predicted octanol–water partition coefficient (Wildman–Crippen LogP) is 1.50. The highest BCUT2D eigenvalue weighted by Crippen LogP contribution is 2.32. The first-order valence-corrected chi connectivity index (χ1v) is 5.43. The van der Waals surface area contributed by atoms with E-state index in [4.69, 9.17) is 0 Å². The van der Waals surface area contributed by atoms with Crippen LogP contribution in [0.25, 0.3) is 0 Å². The number of aromatic nitrogens is 2. The fourth-order valence-corrected chi connectivity index (χ4v) is 2.17. The molecular weight excluding hydrogens is 190 g/mol. The highest BCUT2D eigenvalue weighted by molar-refractivity contribution is 5.37. The van der Waals surface area contributed by atoms with Crippen molar-refractivity contribution >= 4 is 5.82 Å². The number of hydrogen-bond donors (Lipinski definition) is 2. The van der Waals surface area contributed by atoms with E-state index in [-0.39, 0.29) is 12.1 Å². The molecule has 1 fully saturated rings. The number of anilines is 1. The summed E-state index contributed by atoms with van der Waals surface area (Å²) in [6, 6.07) is 1.85. The number of rotatable bonds is 3. The van der Waals surface area contributed by atoms with Crippen molar-refractivity contribution in [2.75, 3.05) is 11.9 Å². The van der Waals surface area contributed by atoms with E-state index in [2.05, 4.69) is 15.3 Å². The van der Waals surface area contributed by atoms with Gasteiger partial charge in [0.2, 0.25) is 0 Å². The van der Waals surface area contributed by atoms with Gasteiger partial charge in [0.1, 0.15) is 11.6 Å². The number of hydrogen-bond acceptors (Lipinski definition) is 4. The Morgan fingerprint density at radius 3 is 2.80 bits per heavy atom. The molecule has 1 aromatic heterocycles. The largest absolute Gasteiger partial charge is 0.394 e. The van der Waals surface area contributed by atoms with E-state index in [1.165, 1.54) is 12.8 Å². The van der Waals surface area contributed by atoms with E-state index < -0.39 is 0 Å². The van der Waals surface area contributed by atoms with Gasteiger partial charge in [0.05, 0.1) is 12.1 Å². The fraction of sp³-hybridized carbons (Fsp3) is 0.636. The lowest BCUT2D eigenvalue weighted by Crippen LogP contribution is -2.39. The summed E-state index contributed by atoms with van der Waals surface area (Å²) in [5.41, 5.74) is -0.152. The third-order valence-corrected chi connectivity index (χ3v) is 3.03. The van der Waals surface area contributed by atoms with Gasteiger partial charge in [-0.05, 0) is 25.8 Å². The third-order valence-electron chi connectivity index (χ3n) is 3.03. The molecule has 0 spiro atoms. The molecule has 15 heavy (non-hydrogen) atoms. The Morgan fingerprint density at radius 2 is 2.20 bits per heavy atom. The maximum Gasteiger partial charge on any atom is 0.130 e. The van der Waals surface area contributed by atoms with Crippen LogP contribution in [0.15, 0.2) is 12.3 Å². The first-order valence-electron chi connectivity index (χ1n) is 5.43. The summed E-state index contributed by atoms with van der Waals surface area (Å²) in [6.45, 7) is 2.04. The molecule has 0 bridgehead atoms. The van der Waals surface area contributed by atoms with Crippen LogP contribution in [-0.4, -0.2) is 27.2 Å². The van der Waals surface area contributed by atoms with Crippen LogP contribution in [0.5, 0.6) is 0 Å². The minimum absolute atomic E-state index is 0.152. The molecule has 1 aliphatic rings. The van der Waals surface area contributed by atoms with Gasteiger partial charge in [-0.2, -0.15) is 0 Å². The Labute approximate surface area is 89.8 Å². The van der Waals surface area contributed by atoms with Crippen molar-refractivity contribution in [2.24, 2.45) is 0 Å². The Balaban J connectivity index is 2.12. The highest BCUT2D eigenvalue weighted by Gasteiger charge is 2.33. The van der Waals surface area contributed by atoms with Crippen molar-refractivity contribution in [1.29, 1.82) is 0 Å². The molecule has 0 radical (unpaired) electrons. The Morgan fingerprint density at radius 1 is 1.47 bits per heavy atom. The molecule has 82 valence electrons. The van der Waals surface area contributed by atoms with Gasteiger partial charge in [0.25, 0.3) is 0 Å². The van der Waals surface area contributed by atoms with E-state index in [0.717, 1.165) is 24.5 Å². The van der Waals surface area contributed by atoms with E-state index in [0.29, 0.717) is 0 Å². The molecule has 1 aromatic rings. The summed E-state index contributed by atoms with van der Waals surface area (Å²) in [6.07, 6.45) is 6.14. The summed E-state index contributed by atoms with van der Waals surface area (Å²) in [5, 5.41) is 12.8. The van der Waals surface area contributed by atoms with Gasteiger partial charge < -0.3 is 10.4 Å². The minimum Gasteiger partial charge on any atom is -0.394 e. The first kappa shape index (κ1) is 10.4. The molecule has 1 heterocycles. The molecule has 0 atom stereocenters. The lowest BCUT2D eigenvalue weighted by Gasteiger charge is -2.28. The minimum atomic E-state index is -0.152. The Hall–Kier alpha value is -1.16. The molecule has 2 N–H and O–H groups in total. The van der Waals surface area contributed by atoms with Gasteiger partial charge in [-0.1, -0.05) is 12.8 Å². The number of nitrogens with one attached hydrogen (secondary N) is 1. The van der Waals surface area contributed by atoms with Crippen molar-refractivity contribution in [3.8, 4) is 0 Å². The van der Waals surface area contributed by atoms with Crippen molar-refractivity contribution in [1.82, 2.24) is 9.97 Å². The predicted molar refractivity (Wildman–Crippen MR) is 58.7 cm³/mol. The average Bonchev–Trinajstić information content (AvgIpc) is 2.67. The van der Waals surface area contributed by atoms with Crippen LogP contribution in [0.3, 0.4) is 0 Å². The maximum atomic E-state index is 9.44. The summed E-state index contributed by atoms with van der Waals surface area (Å²) in [7, 11) is 0. The second kappa shape index (κ2) is 4.14. The van der Waals surface area contributed by atoms with Gasteiger partial charge in [-0.25, -0.2) is 9.97 Å². The van der Waals surface area contributed by atoms with Crippen LogP contribution in [0, 0.1) is 6.92 Å². The van der Waals surface area contributed by atoms with Crippen molar-refractivity contribution in [2.45, 2.75) is 38.1 Å². The molecule has 0 saturated heterocycles. The number of nitrogens with zero attached hydrogens (tertiary/aromatic N) is 2. The van der Waals surface area contributed by atoms with Gasteiger partial charge in [0, 0.05) is 6.20 Å². The summed E-state index contributed by atoms with van der Waals surface area (Å²) in [5.74, 6) is 1.57. The van der Waals surface area contributed by atoms with Gasteiger partial charge in [-0.3, -0.25) is 0 Å². The Kier molecular flexibility index (Phi) is 2.86. The van der Waals surface area contributed by atoms with E-state index >= 15 is 0 Å². The second-order valence-electron chi connectivity index (χ2n) is 4.26. The van der Waals surface area contributed by atoms with Gasteiger partial charge in [0.15, 0.2) is 0 Å². The second-order valence-corrected chi connectivity index (χ2v) is 4.26. The smallest absolute Gasteiger partial charge is 0.130 e. The molecule has 0 unspecified atom stereocenters. The molecule has 1 aliphatic carbocycles. The molecule has 0 aromatic carbocycles. The van der Waals surface area contributed by atoms with E-state index in [9.17, 15) is 5.11 Å². The highest BCUT2D eigenvalue weighted by atomic mass is 16.3. The lowest BCUT2D eigenvalue weighted by atomic mass is 9.99. The van der Waals surface area contributed by atoms with Gasteiger partial charge >= 0.3 is 0 Å². The van der Waals surface area contributed by atoms with Crippen LogP contribution >= 0.6 is 0 Å².